The minimum Gasteiger partial charge on any atom is -0.492 e. The summed E-state index contributed by atoms with van der Waals surface area (Å²) in [5, 5.41) is 2.91. The monoisotopic (exact) mass is 515 g/mol. The molecule has 10 heteroatoms. The van der Waals surface area contributed by atoms with Gasteiger partial charge in [0.2, 0.25) is 10.0 Å². The summed E-state index contributed by atoms with van der Waals surface area (Å²) >= 11 is 0. The third-order valence-corrected chi connectivity index (χ3v) is 8.76. The first-order valence-electron chi connectivity index (χ1n) is 12.2. The molecular formula is C26H33N3O6S. The van der Waals surface area contributed by atoms with Crippen LogP contribution in [0.4, 0.5) is 5.69 Å². The molecule has 2 heterocycles. The van der Waals surface area contributed by atoms with E-state index >= 15 is 0 Å². The molecule has 36 heavy (non-hydrogen) atoms. The van der Waals surface area contributed by atoms with E-state index < -0.39 is 21.7 Å². The molecule has 0 bridgehead atoms. The fraction of sp³-hybridized carbons (Fsp3) is 0.462. The summed E-state index contributed by atoms with van der Waals surface area (Å²) < 4.78 is 39.7. The molecule has 0 spiro atoms. The molecule has 0 saturated carbocycles. The standard InChI is InChI=1S/C26H33N3O6S/c1-27-24-13-12-22(16-23(24)25(30)26(31)28-14-6-8-19(28)17-34-2)36(32,33)29-15-7-9-20(29)18-35-21-10-4-3-5-11-21/h3-5,10-13,16,19-20,27H,6-9,14-15,17-18H2,1-2H3. The Balaban J connectivity index is 1.56. The van der Waals surface area contributed by atoms with Crippen molar-refractivity contribution in [1.29, 1.82) is 0 Å². The Morgan fingerprint density at radius 1 is 1.00 bits per heavy atom. The topological polar surface area (TPSA) is 105 Å². The number of ketones is 1. The average molecular weight is 516 g/mol. The number of hydrogen-bond donors (Lipinski definition) is 1. The minimum absolute atomic E-state index is 0.0147. The number of para-hydroxylation sites is 1. The number of carbonyl (C=O) groups is 2. The van der Waals surface area contributed by atoms with Crippen LogP contribution in [0.5, 0.6) is 5.75 Å². The molecule has 2 atom stereocenters. The first-order valence-corrected chi connectivity index (χ1v) is 13.7. The summed E-state index contributed by atoms with van der Waals surface area (Å²) in [4.78, 5) is 27.9. The van der Waals surface area contributed by atoms with Crippen LogP contribution < -0.4 is 10.1 Å². The van der Waals surface area contributed by atoms with Crippen LogP contribution in [-0.4, -0.2) is 81.9 Å². The third kappa shape index (κ3) is 5.40. The Hall–Kier alpha value is -2.95. The molecule has 9 nitrogen and oxygen atoms in total. The van der Waals surface area contributed by atoms with Crippen molar-refractivity contribution in [3.63, 3.8) is 0 Å². The van der Waals surface area contributed by atoms with Gasteiger partial charge in [-0.2, -0.15) is 4.31 Å². The normalized spacial score (nSPS) is 20.4. The van der Waals surface area contributed by atoms with Crippen molar-refractivity contribution in [3.8, 4) is 5.75 Å². The van der Waals surface area contributed by atoms with Gasteiger partial charge >= 0.3 is 0 Å². The van der Waals surface area contributed by atoms with Gasteiger partial charge in [0.05, 0.1) is 29.1 Å². The molecule has 0 radical (unpaired) electrons. The number of amides is 1. The first kappa shape index (κ1) is 26.1. The van der Waals surface area contributed by atoms with E-state index in [1.165, 1.54) is 27.4 Å². The Morgan fingerprint density at radius 3 is 2.44 bits per heavy atom. The fourth-order valence-electron chi connectivity index (χ4n) is 4.94. The molecule has 2 unspecified atom stereocenters. The van der Waals surface area contributed by atoms with Crippen LogP contribution in [0.3, 0.4) is 0 Å². The highest BCUT2D eigenvalue weighted by Gasteiger charge is 2.38. The van der Waals surface area contributed by atoms with Gasteiger partial charge in [-0.1, -0.05) is 18.2 Å². The second kappa shape index (κ2) is 11.4. The number of likely N-dealkylation sites (tertiary alicyclic amines) is 1. The highest BCUT2D eigenvalue weighted by atomic mass is 32.2. The average Bonchev–Trinajstić information content (AvgIpc) is 3.57. The molecule has 2 fully saturated rings. The van der Waals surface area contributed by atoms with Crippen molar-refractivity contribution in [3.05, 3.63) is 54.1 Å². The van der Waals surface area contributed by atoms with Crippen molar-refractivity contribution in [2.75, 3.05) is 45.8 Å². The number of Topliss-reactive ketones (excluding diaryl/α,β-unsaturated/α-hetero) is 1. The van der Waals surface area contributed by atoms with Gasteiger partial charge in [0, 0.05) is 32.9 Å². The van der Waals surface area contributed by atoms with E-state index in [1.807, 2.05) is 30.3 Å². The van der Waals surface area contributed by atoms with Crippen LogP contribution >= 0.6 is 0 Å². The quantitative estimate of drug-likeness (QED) is 0.383. The summed E-state index contributed by atoms with van der Waals surface area (Å²) in [7, 11) is -0.716. The smallest absolute Gasteiger partial charge is 0.295 e. The lowest BCUT2D eigenvalue weighted by atomic mass is 10.1. The lowest BCUT2D eigenvalue weighted by molar-refractivity contribution is -0.128. The largest absolute Gasteiger partial charge is 0.492 e. The van der Waals surface area contributed by atoms with Crippen LogP contribution in [0.1, 0.15) is 36.0 Å². The predicted molar refractivity (Wildman–Crippen MR) is 136 cm³/mol. The number of methoxy groups -OCH3 is 1. The predicted octanol–water partition coefficient (Wildman–Crippen LogP) is 2.78. The maximum atomic E-state index is 13.6. The highest BCUT2D eigenvalue weighted by molar-refractivity contribution is 7.89. The molecule has 1 N–H and O–H groups in total. The maximum Gasteiger partial charge on any atom is 0.295 e. The van der Waals surface area contributed by atoms with Gasteiger partial charge in [-0.3, -0.25) is 9.59 Å². The van der Waals surface area contributed by atoms with Gasteiger partial charge in [0.15, 0.2) is 0 Å². The number of nitrogens with zero attached hydrogens (tertiary/aromatic N) is 2. The van der Waals surface area contributed by atoms with E-state index in [1.54, 1.807) is 14.2 Å². The van der Waals surface area contributed by atoms with Gasteiger partial charge in [0.25, 0.3) is 11.7 Å². The molecule has 2 aliphatic heterocycles. The summed E-state index contributed by atoms with van der Waals surface area (Å²) in [5.74, 6) is -0.694. The van der Waals surface area contributed by atoms with Crippen LogP contribution in [0, 0.1) is 0 Å². The van der Waals surface area contributed by atoms with Gasteiger partial charge in [-0.15, -0.1) is 0 Å². The zero-order chi connectivity index (χ0) is 25.7. The number of anilines is 1. The molecular weight excluding hydrogens is 482 g/mol. The molecule has 194 valence electrons. The van der Waals surface area contributed by atoms with E-state index in [9.17, 15) is 18.0 Å². The van der Waals surface area contributed by atoms with Crippen molar-refractivity contribution >= 4 is 27.4 Å². The molecule has 0 aliphatic carbocycles. The molecule has 2 aromatic rings. The summed E-state index contributed by atoms with van der Waals surface area (Å²) in [5.41, 5.74) is 0.447. The summed E-state index contributed by atoms with van der Waals surface area (Å²) in [6.07, 6.45) is 2.96. The van der Waals surface area contributed by atoms with E-state index in [4.69, 9.17) is 9.47 Å². The van der Waals surface area contributed by atoms with Crippen LogP contribution in [0.15, 0.2) is 53.4 Å². The Morgan fingerprint density at radius 2 is 1.72 bits per heavy atom. The number of rotatable bonds is 10. The maximum absolute atomic E-state index is 13.6. The number of benzene rings is 2. The lowest BCUT2D eigenvalue weighted by Crippen LogP contribution is -2.42. The Labute approximate surface area is 212 Å². The summed E-state index contributed by atoms with van der Waals surface area (Å²) in [6, 6.07) is 13.1. The Kier molecular flexibility index (Phi) is 8.28. The van der Waals surface area contributed by atoms with E-state index in [0.717, 1.165) is 19.3 Å². The zero-order valence-corrected chi connectivity index (χ0v) is 21.5. The van der Waals surface area contributed by atoms with Crippen molar-refractivity contribution in [2.24, 2.45) is 0 Å². The number of ether oxygens (including phenoxy) is 2. The number of hydrogen-bond acceptors (Lipinski definition) is 7. The van der Waals surface area contributed by atoms with Gasteiger partial charge in [-0.25, -0.2) is 8.42 Å². The molecule has 1 amide bonds. The van der Waals surface area contributed by atoms with E-state index in [0.29, 0.717) is 37.6 Å². The fourth-order valence-corrected chi connectivity index (χ4v) is 6.65. The second-order valence-corrected chi connectivity index (χ2v) is 11.0. The zero-order valence-electron chi connectivity index (χ0n) is 20.7. The van der Waals surface area contributed by atoms with Gasteiger partial charge < -0.3 is 19.7 Å². The number of carbonyl (C=O) groups excluding carboxylic acids is 2. The number of nitrogens with one attached hydrogen (secondary N) is 1. The van der Waals surface area contributed by atoms with Crippen molar-refractivity contribution in [2.45, 2.75) is 42.7 Å². The molecule has 2 saturated heterocycles. The second-order valence-electron chi connectivity index (χ2n) is 9.07. The van der Waals surface area contributed by atoms with Crippen molar-refractivity contribution < 1.29 is 27.5 Å². The van der Waals surface area contributed by atoms with Gasteiger partial charge in [0.1, 0.15) is 12.4 Å². The lowest BCUT2D eigenvalue weighted by Gasteiger charge is -2.25. The summed E-state index contributed by atoms with van der Waals surface area (Å²) in [6.45, 7) is 1.43. The molecule has 2 aliphatic rings. The molecule has 0 aromatic heterocycles. The van der Waals surface area contributed by atoms with Gasteiger partial charge in [-0.05, 0) is 56.0 Å². The Bertz CT molecular complexity index is 1190. The SMILES string of the molecule is CNc1ccc(S(=O)(=O)N2CCCC2COc2ccccc2)cc1C(=O)C(=O)N1CCCC1COC. The van der Waals surface area contributed by atoms with Crippen LogP contribution in [0.25, 0.3) is 0 Å². The molecule has 2 aromatic carbocycles. The third-order valence-electron chi connectivity index (χ3n) is 6.81. The first-order chi connectivity index (χ1) is 17.4. The highest BCUT2D eigenvalue weighted by Crippen LogP contribution is 2.30. The van der Waals surface area contributed by atoms with Crippen LogP contribution in [-0.2, 0) is 19.6 Å². The number of sulfonamides is 1. The minimum atomic E-state index is -3.91. The van der Waals surface area contributed by atoms with E-state index in [2.05, 4.69) is 5.32 Å². The van der Waals surface area contributed by atoms with E-state index in [-0.39, 0.29) is 29.1 Å². The van der Waals surface area contributed by atoms with Crippen LogP contribution in [0.2, 0.25) is 0 Å². The molecule has 4 rings (SSSR count). The van der Waals surface area contributed by atoms with Crippen molar-refractivity contribution in [1.82, 2.24) is 9.21 Å².